The zero-order valence-electron chi connectivity index (χ0n) is 10.5. The molecule has 0 fully saturated rings. The second-order valence-electron chi connectivity index (χ2n) is 3.97. The molecular formula is C13H21NO3. The highest BCUT2D eigenvalue weighted by Crippen LogP contribution is 2.28. The molecule has 0 saturated carbocycles. The van der Waals surface area contributed by atoms with Gasteiger partial charge in [0.1, 0.15) is 11.5 Å². The highest BCUT2D eigenvalue weighted by Gasteiger charge is 2.09. The van der Waals surface area contributed by atoms with Crippen LogP contribution in [0.4, 0.5) is 0 Å². The number of unbranched alkanes of at least 4 members (excludes halogenated alkanes) is 1. The number of benzene rings is 1. The van der Waals surface area contributed by atoms with Crippen LogP contribution in [0.1, 0.15) is 31.4 Å². The third-order valence-corrected chi connectivity index (χ3v) is 2.52. The first-order valence-corrected chi connectivity index (χ1v) is 5.86. The van der Waals surface area contributed by atoms with Crippen molar-refractivity contribution < 1.29 is 14.6 Å². The van der Waals surface area contributed by atoms with Gasteiger partial charge in [-0.3, -0.25) is 0 Å². The summed E-state index contributed by atoms with van der Waals surface area (Å²) in [4.78, 5) is 0. The van der Waals surface area contributed by atoms with Crippen molar-refractivity contribution >= 4 is 0 Å². The Kier molecular flexibility index (Phi) is 5.80. The summed E-state index contributed by atoms with van der Waals surface area (Å²) in [6.45, 7) is 2.69. The first-order valence-electron chi connectivity index (χ1n) is 5.86. The van der Waals surface area contributed by atoms with Crippen molar-refractivity contribution in [2.45, 2.75) is 25.8 Å². The SMILES string of the molecule is COc1ccc([C@H](C)N)c(OCCCCO)c1. The molecule has 0 aliphatic heterocycles. The molecule has 0 bridgehead atoms. The van der Waals surface area contributed by atoms with E-state index in [0.717, 1.165) is 29.9 Å². The van der Waals surface area contributed by atoms with E-state index >= 15 is 0 Å². The van der Waals surface area contributed by atoms with Gasteiger partial charge in [-0.1, -0.05) is 6.07 Å². The predicted octanol–water partition coefficient (Wildman–Crippen LogP) is 1.87. The average molecular weight is 239 g/mol. The van der Waals surface area contributed by atoms with Crippen molar-refractivity contribution in [1.82, 2.24) is 0 Å². The number of hydrogen-bond donors (Lipinski definition) is 2. The predicted molar refractivity (Wildman–Crippen MR) is 67.4 cm³/mol. The Balaban J connectivity index is 2.71. The van der Waals surface area contributed by atoms with Crippen LogP contribution in [0, 0.1) is 0 Å². The van der Waals surface area contributed by atoms with Crippen LogP contribution < -0.4 is 15.2 Å². The zero-order valence-corrected chi connectivity index (χ0v) is 10.5. The fourth-order valence-electron chi connectivity index (χ4n) is 1.54. The van der Waals surface area contributed by atoms with E-state index in [4.69, 9.17) is 20.3 Å². The summed E-state index contributed by atoms with van der Waals surface area (Å²) in [5, 5.41) is 8.69. The number of ether oxygens (including phenoxy) is 2. The summed E-state index contributed by atoms with van der Waals surface area (Å²) >= 11 is 0. The Morgan fingerprint density at radius 1 is 1.35 bits per heavy atom. The van der Waals surface area contributed by atoms with Crippen LogP contribution in [0.5, 0.6) is 11.5 Å². The van der Waals surface area contributed by atoms with Crippen LogP contribution >= 0.6 is 0 Å². The Morgan fingerprint density at radius 3 is 2.71 bits per heavy atom. The Bertz CT molecular complexity index is 339. The molecule has 0 radical (unpaired) electrons. The molecule has 0 aliphatic rings. The molecule has 1 aromatic rings. The molecule has 0 unspecified atom stereocenters. The van der Waals surface area contributed by atoms with E-state index in [-0.39, 0.29) is 12.6 Å². The minimum atomic E-state index is -0.0752. The van der Waals surface area contributed by atoms with Gasteiger partial charge in [-0.15, -0.1) is 0 Å². The topological polar surface area (TPSA) is 64.7 Å². The van der Waals surface area contributed by atoms with Gasteiger partial charge in [0.05, 0.1) is 13.7 Å². The smallest absolute Gasteiger partial charge is 0.127 e. The fourth-order valence-corrected chi connectivity index (χ4v) is 1.54. The van der Waals surface area contributed by atoms with Gasteiger partial charge in [0, 0.05) is 24.3 Å². The number of aliphatic hydroxyl groups excluding tert-OH is 1. The van der Waals surface area contributed by atoms with E-state index in [2.05, 4.69) is 0 Å². The number of rotatable bonds is 7. The summed E-state index contributed by atoms with van der Waals surface area (Å²) < 4.78 is 10.8. The van der Waals surface area contributed by atoms with Gasteiger partial charge in [0.25, 0.3) is 0 Å². The summed E-state index contributed by atoms with van der Waals surface area (Å²) in [7, 11) is 1.62. The van der Waals surface area contributed by atoms with E-state index in [1.165, 1.54) is 0 Å². The molecule has 1 rings (SSSR count). The van der Waals surface area contributed by atoms with Gasteiger partial charge >= 0.3 is 0 Å². The maximum Gasteiger partial charge on any atom is 0.127 e. The first kappa shape index (κ1) is 13.8. The second kappa shape index (κ2) is 7.14. The van der Waals surface area contributed by atoms with E-state index in [0.29, 0.717) is 6.61 Å². The molecule has 0 saturated heterocycles. The largest absolute Gasteiger partial charge is 0.497 e. The molecule has 0 amide bonds. The Morgan fingerprint density at radius 2 is 2.12 bits per heavy atom. The minimum absolute atomic E-state index is 0.0752. The van der Waals surface area contributed by atoms with Crippen LogP contribution in [0.25, 0.3) is 0 Å². The lowest BCUT2D eigenvalue weighted by atomic mass is 10.1. The third kappa shape index (κ3) is 4.24. The highest BCUT2D eigenvalue weighted by molar-refractivity contribution is 5.42. The molecular weight excluding hydrogens is 218 g/mol. The average Bonchev–Trinajstić information content (AvgIpc) is 2.34. The Hall–Kier alpha value is -1.26. The van der Waals surface area contributed by atoms with Crippen molar-refractivity contribution in [2.75, 3.05) is 20.3 Å². The molecule has 0 aliphatic carbocycles. The van der Waals surface area contributed by atoms with Gasteiger partial charge in [0.2, 0.25) is 0 Å². The van der Waals surface area contributed by atoms with Crippen LogP contribution in [0.15, 0.2) is 18.2 Å². The van der Waals surface area contributed by atoms with Gasteiger partial charge in [0.15, 0.2) is 0 Å². The van der Waals surface area contributed by atoms with E-state index in [1.807, 2.05) is 25.1 Å². The first-order chi connectivity index (χ1) is 8.19. The standard InChI is InChI=1S/C13H21NO3/c1-10(14)12-6-5-11(16-2)9-13(12)17-8-4-3-7-15/h5-6,9-10,15H,3-4,7-8,14H2,1-2H3/t10-/m0/s1. The molecule has 0 heterocycles. The van der Waals surface area contributed by atoms with Crippen LogP contribution in [0.3, 0.4) is 0 Å². The lowest BCUT2D eigenvalue weighted by Gasteiger charge is -2.15. The number of nitrogens with two attached hydrogens (primary N) is 1. The van der Waals surface area contributed by atoms with Gasteiger partial charge in [-0.25, -0.2) is 0 Å². The maximum absolute atomic E-state index is 8.69. The number of hydrogen-bond acceptors (Lipinski definition) is 4. The fraction of sp³-hybridized carbons (Fsp3) is 0.538. The summed E-state index contributed by atoms with van der Waals surface area (Å²) in [6, 6.07) is 5.57. The van der Waals surface area contributed by atoms with E-state index in [9.17, 15) is 0 Å². The molecule has 0 spiro atoms. The molecule has 3 N–H and O–H groups in total. The molecule has 4 nitrogen and oxygen atoms in total. The molecule has 17 heavy (non-hydrogen) atoms. The van der Waals surface area contributed by atoms with E-state index < -0.39 is 0 Å². The number of methoxy groups -OCH3 is 1. The molecule has 1 atom stereocenters. The van der Waals surface area contributed by atoms with Crippen molar-refractivity contribution in [3.63, 3.8) is 0 Å². The van der Waals surface area contributed by atoms with Crippen molar-refractivity contribution in [3.8, 4) is 11.5 Å². The number of aliphatic hydroxyl groups is 1. The van der Waals surface area contributed by atoms with Crippen LogP contribution in [-0.4, -0.2) is 25.4 Å². The van der Waals surface area contributed by atoms with Gasteiger partial charge in [-0.05, 0) is 25.8 Å². The van der Waals surface area contributed by atoms with Crippen molar-refractivity contribution in [2.24, 2.45) is 5.73 Å². The Labute approximate surface area is 102 Å². The molecule has 4 heteroatoms. The molecule has 96 valence electrons. The van der Waals surface area contributed by atoms with Gasteiger partial charge < -0.3 is 20.3 Å². The lowest BCUT2D eigenvalue weighted by molar-refractivity contribution is 0.251. The minimum Gasteiger partial charge on any atom is -0.497 e. The maximum atomic E-state index is 8.69. The summed E-state index contributed by atoms with van der Waals surface area (Å²) in [5.74, 6) is 1.52. The normalized spacial score (nSPS) is 12.2. The van der Waals surface area contributed by atoms with Gasteiger partial charge in [-0.2, -0.15) is 0 Å². The van der Waals surface area contributed by atoms with Crippen molar-refractivity contribution in [3.05, 3.63) is 23.8 Å². The van der Waals surface area contributed by atoms with Crippen molar-refractivity contribution in [1.29, 1.82) is 0 Å². The summed E-state index contributed by atoms with van der Waals surface area (Å²) in [5.41, 5.74) is 6.84. The van der Waals surface area contributed by atoms with Crippen LogP contribution in [-0.2, 0) is 0 Å². The monoisotopic (exact) mass is 239 g/mol. The zero-order chi connectivity index (χ0) is 12.7. The second-order valence-corrected chi connectivity index (χ2v) is 3.97. The lowest BCUT2D eigenvalue weighted by Crippen LogP contribution is -2.09. The third-order valence-electron chi connectivity index (χ3n) is 2.52. The van der Waals surface area contributed by atoms with Crippen LogP contribution in [0.2, 0.25) is 0 Å². The quantitative estimate of drug-likeness (QED) is 0.713. The molecule has 0 aromatic heterocycles. The molecule has 1 aromatic carbocycles. The van der Waals surface area contributed by atoms with E-state index in [1.54, 1.807) is 7.11 Å². The summed E-state index contributed by atoms with van der Waals surface area (Å²) in [6.07, 6.45) is 1.57. The highest BCUT2D eigenvalue weighted by atomic mass is 16.5.